The Hall–Kier alpha value is -3.30. The SMILES string of the molecule is [2H][C@@]1(N2Cc3c(OCc4cccc(CN5CC(C)OC(C)C5)c4F)cccc3C2=O)CCC(=O)NC1=O. The van der Waals surface area contributed by atoms with Crippen LogP contribution in [0.2, 0.25) is 0 Å². The third-order valence-corrected chi connectivity index (χ3v) is 6.79. The number of nitrogens with one attached hydrogen (secondary N) is 1. The molecule has 8 nitrogen and oxygen atoms in total. The van der Waals surface area contributed by atoms with Gasteiger partial charge < -0.3 is 14.4 Å². The minimum atomic E-state index is -1.88. The second-order valence-corrected chi connectivity index (χ2v) is 9.63. The Morgan fingerprint density at radius 3 is 2.58 bits per heavy atom. The Balaban J connectivity index is 1.31. The van der Waals surface area contributed by atoms with E-state index in [0.717, 1.165) is 18.0 Å². The van der Waals surface area contributed by atoms with Gasteiger partial charge in [0.05, 0.1) is 20.1 Å². The van der Waals surface area contributed by atoms with E-state index in [4.69, 9.17) is 10.8 Å². The lowest BCUT2D eigenvalue weighted by Crippen LogP contribution is -2.52. The number of hydrogen-bond acceptors (Lipinski definition) is 6. The van der Waals surface area contributed by atoms with E-state index in [2.05, 4.69) is 10.2 Å². The second-order valence-electron chi connectivity index (χ2n) is 9.63. The van der Waals surface area contributed by atoms with Gasteiger partial charge in [-0.2, -0.15) is 0 Å². The zero-order valence-electron chi connectivity index (χ0n) is 21.4. The first kappa shape index (κ1) is 23.1. The molecule has 2 aromatic rings. The van der Waals surface area contributed by atoms with Crippen molar-refractivity contribution < 1.29 is 29.6 Å². The number of carbonyl (C=O) groups excluding carboxylic acids is 3. The molecule has 3 amide bonds. The number of ether oxygens (including phenoxy) is 2. The Labute approximate surface area is 210 Å². The molecule has 0 aromatic heterocycles. The first-order valence-electron chi connectivity index (χ1n) is 12.7. The summed E-state index contributed by atoms with van der Waals surface area (Å²) in [5.74, 6) is -1.67. The fraction of sp³-hybridized carbons (Fsp3) is 0.444. The molecule has 0 saturated carbocycles. The number of hydrogen-bond donors (Lipinski definition) is 1. The lowest BCUT2D eigenvalue weighted by molar-refractivity contribution is -0.136. The number of piperidine rings is 1. The first-order valence-corrected chi connectivity index (χ1v) is 12.2. The third kappa shape index (κ3) is 4.85. The molecule has 0 radical (unpaired) electrons. The van der Waals surface area contributed by atoms with Crippen LogP contribution in [-0.2, 0) is 34.0 Å². The van der Waals surface area contributed by atoms with Crippen molar-refractivity contribution in [2.45, 2.75) is 64.6 Å². The highest BCUT2D eigenvalue weighted by molar-refractivity contribution is 6.05. The van der Waals surface area contributed by atoms with Crippen molar-refractivity contribution >= 4 is 17.7 Å². The van der Waals surface area contributed by atoms with Crippen molar-refractivity contribution in [2.75, 3.05) is 13.1 Å². The number of amides is 3. The zero-order chi connectivity index (χ0) is 26.3. The van der Waals surface area contributed by atoms with Crippen molar-refractivity contribution in [1.82, 2.24) is 15.1 Å². The fourth-order valence-corrected chi connectivity index (χ4v) is 5.20. The van der Waals surface area contributed by atoms with Gasteiger partial charge in [-0.25, -0.2) is 4.39 Å². The summed E-state index contributed by atoms with van der Waals surface area (Å²) >= 11 is 0. The molecule has 5 rings (SSSR count). The number of rotatable bonds is 6. The predicted molar refractivity (Wildman–Crippen MR) is 129 cm³/mol. The maximum absolute atomic E-state index is 15.4. The maximum atomic E-state index is 15.4. The van der Waals surface area contributed by atoms with Gasteiger partial charge in [-0.3, -0.25) is 24.6 Å². The van der Waals surface area contributed by atoms with Gasteiger partial charge in [0.25, 0.3) is 5.91 Å². The van der Waals surface area contributed by atoms with Crippen LogP contribution < -0.4 is 10.1 Å². The van der Waals surface area contributed by atoms with Gasteiger partial charge in [0.2, 0.25) is 11.8 Å². The quantitative estimate of drug-likeness (QED) is 0.619. The van der Waals surface area contributed by atoms with Crippen molar-refractivity contribution in [3.8, 4) is 5.75 Å². The molecule has 2 saturated heterocycles. The van der Waals surface area contributed by atoms with Crippen molar-refractivity contribution in [2.24, 2.45) is 0 Å². The Morgan fingerprint density at radius 2 is 1.83 bits per heavy atom. The normalized spacial score (nSPS) is 27.0. The third-order valence-electron chi connectivity index (χ3n) is 6.79. The van der Waals surface area contributed by atoms with E-state index >= 15 is 4.39 Å². The summed E-state index contributed by atoms with van der Waals surface area (Å²) in [4.78, 5) is 40.5. The molecule has 9 heteroatoms. The standard InChI is InChI=1S/C27H30FN3O5/c1-16-11-30(12-17(2)36-16)13-18-5-3-6-19(25(18)28)15-35-23-8-4-7-20-21(23)14-31(27(20)34)22-9-10-24(32)29-26(22)33/h3-8,16-17,22H,9-15H2,1-2H3,(H,29,32,33)/t16?,17?,22-/m1/s1/i22D. The van der Waals surface area contributed by atoms with E-state index in [1.807, 2.05) is 13.8 Å². The molecule has 3 heterocycles. The summed E-state index contributed by atoms with van der Waals surface area (Å²) in [6.45, 7) is 5.90. The first-order chi connectivity index (χ1) is 17.7. The van der Waals surface area contributed by atoms with Crippen LogP contribution in [0.15, 0.2) is 36.4 Å². The van der Waals surface area contributed by atoms with Crippen molar-refractivity contribution in [3.63, 3.8) is 0 Å². The van der Waals surface area contributed by atoms with Gasteiger partial charge in [0.1, 0.15) is 24.2 Å². The zero-order valence-corrected chi connectivity index (χ0v) is 20.4. The number of fused-ring (bicyclic) bond motifs is 1. The number of carbonyl (C=O) groups is 3. The van der Waals surface area contributed by atoms with Crippen molar-refractivity contribution in [1.29, 1.82) is 0 Å². The van der Waals surface area contributed by atoms with E-state index in [9.17, 15) is 14.4 Å². The number of nitrogens with zero attached hydrogens (tertiary/aromatic N) is 2. The molecule has 0 aliphatic carbocycles. The summed E-state index contributed by atoms with van der Waals surface area (Å²) in [5, 5.41) is 2.16. The lowest BCUT2D eigenvalue weighted by Gasteiger charge is -2.35. The highest BCUT2D eigenvalue weighted by Crippen LogP contribution is 2.34. The molecule has 2 fully saturated rings. The average Bonchev–Trinajstić information content (AvgIpc) is 3.19. The summed E-state index contributed by atoms with van der Waals surface area (Å²) < 4.78 is 35.8. The van der Waals surface area contributed by atoms with Crippen LogP contribution in [0.3, 0.4) is 0 Å². The highest BCUT2D eigenvalue weighted by Gasteiger charge is 2.40. The van der Waals surface area contributed by atoms with Crippen LogP contribution in [0.4, 0.5) is 4.39 Å². The summed E-state index contributed by atoms with van der Waals surface area (Å²) in [7, 11) is 0. The Kier molecular flexibility index (Phi) is 6.41. The van der Waals surface area contributed by atoms with E-state index in [0.29, 0.717) is 34.5 Å². The minimum Gasteiger partial charge on any atom is -0.488 e. The van der Waals surface area contributed by atoms with Gasteiger partial charge in [-0.05, 0) is 32.4 Å². The molecule has 2 unspecified atom stereocenters. The molecule has 3 atom stereocenters. The van der Waals surface area contributed by atoms with E-state index < -0.39 is 23.7 Å². The van der Waals surface area contributed by atoms with Crippen LogP contribution in [0, 0.1) is 5.82 Å². The Bertz CT molecular complexity index is 1250. The smallest absolute Gasteiger partial charge is 0.255 e. The van der Waals surface area contributed by atoms with E-state index in [1.54, 1.807) is 36.4 Å². The largest absolute Gasteiger partial charge is 0.488 e. The van der Waals surface area contributed by atoms with Gasteiger partial charge in [0.15, 0.2) is 0 Å². The molecule has 3 aliphatic rings. The molecular weight excluding hydrogens is 465 g/mol. The molecule has 2 aromatic carbocycles. The van der Waals surface area contributed by atoms with Gasteiger partial charge in [-0.15, -0.1) is 0 Å². The summed E-state index contributed by atoms with van der Waals surface area (Å²) in [6, 6.07) is 8.33. The van der Waals surface area contributed by atoms with Crippen LogP contribution in [0.1, 0.15) is 55.1 Å². The van der Waals surface area contributed by atoms with Crippen molar-refractivity contribution in [3.05, 3.63) is 64.5 Å². The molecule has 3 aliphatic heterocycles. The summed E-state index contributed by atoms with van der Waals surface area (Å²) in [5.41, 5.74) is 1.85. The molecule has 1 N–H and O–H groups in total. The van der Waals surface area contributed by atoms with Crippen LogP contribution in [0.5, 0.6) is 5.75 Å². The maximum Gasteiger partial charge on any atom is 0.255 e. The van der Waals surface area contributed by atoms with Crippen LogP contribution in [-0.4, -0.2) is 58.8 Å². The minimum absolute atomic E-state index is 0.00856. The molecule has 0 bridgehead atoms. The topological polar surface area (TPSA) is 88.2 Å². The van der Waals surface area contributed by atoms with Crippen LogP contribution in [0.25, 0.3) is 0 Å². The lowest BCUT2D eigenvalue weighted by atomic mass is 10.0. The number of benzene rings is 2. The number of halogens is 1. The number of morpholine rings is 1. The molecule has 36 heavy (non-hydrogen) atoms. The highest BCUT2D eigenvalue weighted by atomic mass is 19.1. The van der Waals surface area contributed by atoms with E-state index in [1.165, 1.54) is 0 Å². The molecule has 0 spiro atoms. The fourth-order valence-electron chi connectivity index (χ4n) is 5.20. The van der Waals surface area contributed by atoms with Gasteiger partial charge >= 0.3 is 0 Å². The second kappa shape index (κ2) is 9.99. The van der Waals surface area contributed by atoms with Crippen LogP contribution >= 0.6 is 0 Å². The molecular formula is C27H30FN3O5. The number of imide groups is 1. The monoisotopic (exact) mass is 496 g/mol. The van der Waals surface area contributed by atoms with Gasteiger partial charge in [-0.1, -0.05) is 24.3 Å². The average molecular weight is 497 g/mol. The Morgan fingerprint density at radius 1 is 1.11 bits per heavy atom. The predicted octanol–water partition coefficient (Wildman–Crippen LogP) is 2.77. The molecule has 190 valence electrons. The van der Waals surface area contributed by atoms with Gasteiger partial charge in [0, 0.05) is 48.3 Å². The summed E-state index contributed by atoms with van der Waals surface area (Å²) in [6.07, 6.45) is 0.0794. The van der Waals surface area contributed by atoms with E-state index in [-0.39, 0.29) is 44.0 Å².